The van der Waals surface area contributed by atoms with Crippen LogP contribution in [0.15, 0.2) is 58.3 Å². The van der Waals surface area contributed by atoms with Gasteiger partial charge in [-0.05, 0) is 55.1 Å². The molecule has 2 rings (SSSR count). The molecule has 3 N–H and O–H groups in total. The summed E-state index contributed by atoms with van der Waals surface area (Å²) in [6.45, 7) is 0.547. The van der Waals surface area contributed by atoms with Crippen molar-refractivity contribution in [1.29, 1.82) is 0 Å². The van der Waals surface area contributed by atoms with Crippen molar-refractivity contribution in [1.82, 2.24) is 0 Å². The van der Waals surface area contributed by atoms with Gasteiger partial charge in [0.05, 0.1) is 4.90 Å². The van der Waals surface area contributed by atoms with E-state index in [1.807, 2.05) is 24.5 Å². The molecule has 21 heavy (non-hydrogen) atoms. The van der Waals surface area contributed by atoms with E-state index >= 15 is 0 Å². The molecule has 0 fully saturated rings. The van der Waals surface area contributed by atoms with Crippen molar-refractivity contribution in [2.24, 2.45) is 5.73 Å². The van der Waals surface area contributed by atoms with Gasteiger partial charge in [0.2, 0.25) is 0 Å². The average molecular weight is 322 g/mol. The van der Waals surface area contributed by atoms with Gasteiger partial charge >= 0.3 is 0 Å². The molecule has 0 aliphatic rings. The molecule has 6 heteroatoms. The molecule has 0 unspecified atom stereocenters. The Morgan fingerprint density at radius 3 is 2.48 bits per heavy atom. The van der Waals surface area contributed by atoms with E-state index in [-0.39, 0.29) is 4.90 Å². The quantitative estimate of drug-likeness (QED) is 0.802. The lowest BCUT2D eigenvalue weighted by Gasteiger charge is -2.09. The first-order valence-electron chi connectivity index (χ1n) is 6.51. The van der Waals surface area contributed by atoms with Crippen LogP contribution in [0.25, 0.3) is 0 Å². The third-order valence-corrected chi connectivity index (χ3v) is 5.11. The number of rotatable bonds is 6. The lowest BCUT2D eigenvalue weighted by Crippen LogP contribution is -2.13. The lowest BCUT2D eigenvalue weighted by molar-refractivity contribution is 0.601. The second-order valence-electron chi connectivity index (χ2n) is 4.52. The Labute approximate surface area is 129 Å². The Bertz CT molecular complexity index is 698. The predicted octanol–water partition coefficient (Wildman–Crippen LogP) is 2.71. The molecule has 0 aromatic heterocycles. The number of nitrogens with two attached hydrogens (primary N) is 1. The summed E-state index contributed by atoms with van der Waals surface area (Å²) in [6, 6.07) is 14.1. The van der Waals surface area contributed by atoms with Crippen LogP contribution in [0.1, 0.15) is 5.56 Å². The maximum Gasteiger partial charge on any atom is 0.261 e. The van der Waals surface area contributed by atoms with Gasteiger partial charge in [-0.3, -0.25) is 4.72 Å². The Hall–Kier alpha value is -1.50. The Balaban J connectivity index is 2.21. The SMILES string of the molecule is CSc1cccc(NS(=O)(=O)c2ccc(CCN)cc2)c1. The summed E-state index contributed by atoms with van der Waals surface area (Å²) in [7, 11) is -3.56. The topological polar surface area (TPSA) is 72.2 Å². The maximum atomic E-state index is 12.3. The Kier molecular flexibility index (Phi) is 5.27. The molecular weight excluding hydrogens is 304 g/mol. The fourth-order valence-electron chi connectivity index (χ4n) is 1.90. The molecule has 0 amide bonds. The summed E-state index contributed by atoms with van der Waals surface area (Å²) in [6.07, 6.45) is 2.69. The number of benzene rings is 2. The molecule has 2 aromatic carbocycles. The summed E-state index contributed by atoms with van der Waals surface area (Å²) in [5, 5.41) is 0. The van der Waals surface area contributed by atoms with E-state index in [9.17, 15) is 8.42 Å². The van der Waals surface area contributed by atoms with Crippen molar-refractivity contribution in [3.63, 3.8) is 0 Å². The summed E-state index contributed by atoms with van der Waals surface area (Å²) in [5.41, 5.74) is 7.07. The number of anilines is 1. The summed E-state index contributed by atoms with van der Waals surface area (Å²) < 4.78 is 27.3. The van der Waals surface area contributed by atoms with E-state index in [1.54, 1.807) is 42.1 Å². The molecule has 0 aliphatic carbocycles. The highest BCUT2D eigenvalue weighted by Crippen LogP contribution is 2.22. The van der Waals surface area contributed by atoms with Gasteiger partial charge in [0.1, 0.15) is 0 Å². The van der Waals surface area contributed by atoms with Crippen LogP contribution in [-0.2, 0) is 16.4 Å². The van der Waals surface area contributed by atoms with E-state index in [2.05, 4.69) is 4.72 Å². The standard InChI is InChI=1S/C15H18N2O2S2/c1-20-14-4-2-3-13(11-14)17-21(18,19)15-7-5-12(6-8-15)9-10-16/h2-8,11,17H,9-10,16H2,1H3. The van der Waals surface area contributed by atoms with E-state index < -0.39 is 10.0 Å². The van der Waals surface area contributed by atoms with Gasteiger partial charge in [0.25, 0.3) is 10.0 Å². The molecule has 0 saturated carbocycles. The van der Waals surface area contributed by atoms with Gasteiger partial charge < -0.3 is 5.73 Å². The van der Waals surface area contributed by atoms with Gasteiger partial charge in [-0.2, -0.15) is 0 Å². The number of thioether (sulfide) groups is 1. The minimum Gasteiger partial charge on any atom is -0.330 e. The Morgan fingerprint density at radius 1 is 1.14 bits per heavy atom. The second kappa shape index (κ2) is 6.98. The van der Waals surface area contributed by atoms with Crippen LogP contribution in [0.5, 0.6) is 0 Å². The minimum atomic E-state index is -3.56. The van der Waals surface area contributed by atoms with Crippen LogP contribution < -0.4 is 10.5 Å². The van der Waals surface area contributed by atoms with Crippen molar-refractivity contribution in [3.05, 3.63) is 54.1 Å². The van der Waals surface area contributed by atoms with E-state index in [0.29, 0.717) is 12.2 Å². The zero-order valence-electron chi connectivity index (χ0n) is 11.7. The highest BCUT2D eigenvalue weighted by atomic mass is 32.2. The molecule has 0 heterocycles. The van der Waals surface area contributed by atoms with Crippen LogP contribution in [-0.4, -0.2) is 21.2 Å². The molecule has 0 atom stereocenters. The zero-order valence-corrected chi connectivity index (χ0v) is 13.4. The normalized spacial score (nSPS) is 11.3. The van der Waals surface area contributed by atoms with Gasteiger partial charge in [0.15, 0.2) is 0 Å². The number of hydrogen-bond donors (Lipinski definition) is 2. The molecule has 4 nitrogen and oxygen atoms in total. The molecule has 0 radical (unpaired) electrons. The first-order valence-corrected chi connectivity index (χ1v) is 9.22. The van der Waals surface area contributed by atoms with Crippen LogP contribution in [0.2, 0.25) is 0 Å². The minimum absolute atomic E-state index is 0.248. The Morgan fingerprint density at radius 2 is 1.86 bits per heavy atom. The first-order chi connectivity index (χ1) is 10.0. The van der Waals surface area contributed by atoms with Gasteiger partial charge in [-0.1, -0.05) is 18.2 Å². The van der Waals surface area contributed by atoms with Crippen molar-refractivity contribution < 1.29 is 8.42 Å². The van der Waals surface area contributed by atoms with Gasteiger partial charge in [-0.25, -0.2) is 8.42 Å². The fraction of sp³-hybridized carbons (Fsp3) is 0.200. The zero-order chi connectivity index (χ0) is 15.3. The first kappa shape index (κ1) is 15.9. The van der Waals surface area contributed by atoms with E-state index in [1.165, 1.54) is 0 Å². The van der Waals surface area contributed by atoms with Crippen LogP contribution in [0.4, 0.5) is 5.69 Å². The fourth-order valence-corrected chi connectivity index (χ4v) is 3.41. The third kappa shape index (κ3) is 4.23. The van der Waals surface area contributed by atoms with Crippen LogP contribution >= 0.6 is 11.8 Å². The van der Waals surface area contributed by atoms with Gasteiger partial charge in [0, 0.05) is 10.6 Å². The molecule has 2 aromatic rings. The van der Waals surface area contributed by atoms with Crippen molar-refractivity contribution >= 4 is 27.5 Å². The summed E-state index contributed by atoms with van der Waals surface area (Å²) >= 11 is 1.57. The molecule has 112 valence electrons. The molecule has 0 aliphatic heterocycles. The summed E-state index contributed by atoms with van der Waals surface area (Å²) in [5.74, 6) is 0. The van der Waals surface area contributed by atoms with Crippen LogP contribution in [0, 0.1) is 0 Å². The third-order valence-electron chi connectivity index (χ3n) is 2.99. The van der Waals surface area contributed by atoms with E-state index in [4.69, 9.17) is 5.73 Å². The van der Waals surface area contributed by atoms with Crippen molar-refractivity contribution in [2.75, 3.05) is 17.5 Å². The molecular formula is C15H18N2O2S2. The maximum absolute atomic E-state index is 12.3. The van der Waals surface area contributed by atoms with Crippen molar-refractivity contribution in [3.8, 4) is 0 Å². The largest absolute Gasteiger partial charge is 0.330 e. The highest BCUT2D eigenvalue weighted by Gasteiger charge is 2.14. The monoisotopic (exact) mass is 322 g/mol. The smallest absolute Gasteiger partial charge is 0.261 e. The van der Waals surface area contributed by atoms with Gasteiger partial charge in [-0.15, -0.1) is 11.8 Å². The predicted molar refractivity (Wildman–Crippen MR) is 88.2 cm³/mol. The van der Waals surface area contributed by atoms with E-state index in [0.717, 1.165) is 16.9 Å². The highest BCUT2D eigenvalue weighted by molar-refractivity contribution is 7.98. The molecule has 0 saturated heterocycles. The number of hydrogen-bond acceptors (Lipinski definition) is 4. The summed E-state index contributed by atoms with van der Waals surface area (Å²) in [4.78, 5) is 1.26. The molecule has 0 spiro atoms. The number of nitrogens with one attached hydrogen (secondary N) is 1. The number of sulfonamides is 1. The van der Waals surface area contributed by atoms with Crippen LogP contribution in [0.3, 0.4) is 0 Å². The second-order valence-corrected chi connectivity index (χ2v) is 7.08. The van der Waals surface area contributed by atoms with Crippen molar-refractivity contribution in [2.45, 2.75) is 16.2 Å². The molecule has 0 bridgehead atoms. The average Bonchev–Trinajstić information content (AvgIpc) is 2.48. The lowest BCUT2D eigenvalue weighted by atomic mass is 10.2.